The number of fused-ring (bicyclic) bond motifs is 1. The molecule has 1 aromatic heterocycles. The van der Waals surface area contributed by atoms with Crippen LogP contribution in [0.3, 0.4) is 0 Å². The number of thioether (sulfide) groups is 1. The summed E-state index contributed by atoms with van der Waals surface area (Å²) in [5, 5.41) is 18.1. The molecular formula is C18H11N3OS2. The Bertz CT molecular complexity index is 947. The van der Waals surface area contributed by atoms with Crippen LogP contribution in [-0.2, 0) is 0 Å². The van der Waals surface area contributed by atoms with Gasteiger partial charge >= 0.3 is 0 Å². The average Bonchev–Trinajstić information content (AvgIpc) is 3.02. The number of hydrogen-bond donors (Lipinski definition) is 0. The van der Waals surface area contributed by atoms with E-state index in [1.165, 1.54) is 11.8 Å². The van der Waals surface area contributed by atoms with Crippen molar-refractivity contribution in [2.45, 2.75) is 4.34 Å². The van der Waals surface area contributed by atoms with Crippen LogP contribution >= 0.6 is 23.1 Å². The summed E-state index contributed by atoms with van der Waals surface area (Å²) in [7, 11) is 0. The summed E-state index contributed by atoms with van der Waals surface area (Å²) in [5.41, 5.74) is 1.69. The summed E-state index contributed by atoms with van der Waals surface area (Å²) in [6.45, 7) is -0.0300. The lowest BCUT2D eigenvalue weighted by molar-refractivity contribution is 0.367. The molecule has 0 unspecified atom stereocenters. The summed E-state index contributed by atoms with van der Waals surface area (Å²) >= 11 is 2.88. The monoisotopic (exact) mass is 349 g/mol. The molecular weight excluding hydrogens is 338 g/mol. The van der Waals surface area contributed by atoms with Crippen molar-refractivity contribution in [1.82, 2.24) is 4.98 Å². The van der Waals surface area contributed by atoms with Crippen molar-refractivity contribution in [2.24, 2.45) is 0 Å². The number of aromatic nitrogens is 1. The lowest BCUT2D eigenvalue weighted by Gasteiger charge is -2.05. The highest BCUT2D eigenvalue weighted by Gasteiger charge is 2.08. The molecule has 0 N–H and O–H groups in total. The van der Waals surface area contributed by atoms with Crippen molar-refractivity contribution in [2.75, 3.05) is 6.61 Å². The number of benzene rings is 2. The predicted molar refractivity (Wildman–Crippen MR) is 96.6 cm³/mol. The first kappa shape index (κ1) is 16.1. The normalized spacial score (nSPS) is 11.0. The van der Waals surface area contributed by atoms with Crippen LogP contribution in [0.5, 0.6) is 5.75 Å². The summed E-state index contributed by atoms with van der Waals surface area (Å²) in [6.07, 6.45) is 1.75. The van der Waals surface area contributed by atoms with Gasteiger partial charge in [-0.15, -0.1) is 11.3 Å². The number of thiazole rings is 1. The molecule has 0 bridgehead atoms. The fourth-order valence-corrected chi connectivity index (χ4v) is 4.02. The van der Waals surface area contributed by atoms with Gasteiger partial charge in [-0.25, -0.2) is 4.98 Å². The summed E-state index contributed by atoms with van der Waals surface area (Å²) in [4.78, 5) is 5.05. The summed E-state index contributed by atoms with van der Waals surface area (Å²) in [6, 6.07) is 19.3. The fourth-order valence-electron chi connectivity index (χ4n) is 2.06. The minimum Gasteiger partial charge on any atom is -0.478 e. The molecule has 0 saturated carbocycles. The van der Waals surface area contributed by atoms with E-state index in [4.69, 9.17) is 10.00 Å². The quantitative estimate of drug-likeness (QED) is 0.486. The van der Waals surface area contributed by atoms with Crippen LogP contribution in [0.2, 0.25) is 0 Å². The molecule has 0 amide bonds. The molecule has 0 aliphatic heterocycles. The SMILES string of the molecule is N#CCOc1ccccc1/C=C(\C#N)Sc1nc2ccccc2s1. The lowest BCUT2D eigenvalue weighted by atomic mass is 10.2. The van der Waals surface area contributed by atoms with Gasteiger partial charge in [-0.3, -0.25) is 0 Å². The summed E-state index contributed by atoms with van der Waals surface area (Å²) in [5.74, 6) is 0.580. The molecule has 0 spiro atoms. The average molecular weight is 349 g/mol. The second-order valence-corrected chi connectivity index (χ2v) is 6.97. The highest BCUT2D eigenvalue weighted by molar-refractivity contribution is 8.05. The minimum atomic E-state index is -0.0300. The van der Waals surface area contributed by atoms with Crippen molar-refractivity contribution in [3.8, 4) is 17.9 Å². The fraction of sp³-hybridized carbons (Fsp3) is 0.0556. The van der Waals surface area contributed by atoms with E-state index in [9.17, 15) is 5.26 Å². The van der Waals surface area contributed by atoms with Crippen molar-refractivity contribution in [3.63, 3.8) is 0 Å². The van der Waals surface area contributed by atoms with Gasteiger partial charge < -0.3 is 4.74 Å². The Morgan fingerprint density at radius 3 is 2.75 bits per heavy atom. The van der Waals surface area contributed by atoms with Crippen molar-refractivity contribution < 1.29 is 4.74 Å². The highest BCUT2D eigenvalue weighted by Crippen LogP contribution is 2.35. The number of allylic oxidation sites excluding steroid dienone is 1. The molecule has 0 aliphatic rings. The molecule has 0 atom stereocenters. The Morgan fingerprint density at radius 2 is 1.96 bits per heavy atom. The Labute approximate surface area is 147 Å². The molecule has 0 aliphatic carbocycles. The zero-order chi connectivity index (χ0) is 16.8. The van der Waals surface area contributed by atoms with Gasteiger partial charge in [-0.2, -0.15) is 10.5 Å². The van der Waals surface area contributed by atoms with Crippen LogP contribution in [0, 0.1) is 22.7 Å². The maximum atomic E-state index is 9.44. The van der Waals surface area contributed by atoms with Gasteiger partial charge in [-0.05, 0) is 36.0 Å². The zero-order valence-corrected chi connectivity index (χ0v) is 14.1. The number of para-hydroxylation sites is 2. The van der Waals surface area contributed by atoms with Crippen LogP contribution in [0.4, 0.5) is 0 Å². The Balaban J connectivity index is 1.87. The molecule has 0 fully saturated rings. The number of ether oxygens (including phenoxy) is 1. The van der Waals surface area contributed by atoms with Crippen LogP contribution in [0.15, 0.2) is 57.8 Å². The molecule has 0 saturated heterocycles. The predicted octanol–water partition coefficient (Wildman–Crippen LogP) is 4.86. The Morgan fingerprint density at radius 1 is 1.17 bits per heavy atom. The van der Waals surface area contributed by atoms with Gasteiger partial charge in [0.15, 0.2) is 10.9 Å². The Hall–Kier alpha value is -2.80. The third kappa shape index (κ3) is 3.75. The van der Waals surface area contributed by atoms with E-state index >= 15 is 0 Å². The highest BCUT2D eigenvalue weighted by atomic mass is 32.2. The van der Waals surface area contributed by atoms with Crippen molar-refractivity contribution in [3.05, 3.63) is 59.0 Å². The van der Waals surface area contributed by atoms with E-state index in [0.717, 1.165) is 20.1 Å². The van der Waals surface area contributed by atoms with Gasteiger partial charge in [0.2, 0.25) is 0 Å². The molecule has 116 valence electrons. The van der Waals surface area contributed by atoms with Gasteiger partial charge in [0.1, 0.15) is 17.9 Å². The second kappa shape index (κ2) is 7.65. The topological polar surface area (TPSA) is 69.7 Å². The maximum absolute atomic E-state index is 9.44. The maximum Gasteiger partial charge on any atom is 0.174 e. The van der Waals surface area contributed by atoms with E-state index in [1.807, 2.05) is 48.5 Å². The van der Waals surface area contributed by atoms with Gasteiger partial charge in [0, 0.05) is 5.56 Å². The first-order valence-corrected chi connectivity index (χ1v) is 8.67. The number of hydrogen-bond acceptors (Lipinski definition) is 6. The van der Waals surface area contributed by atoms with Crippen LogP contribution in [-0.4, -0.2) is 11.6 Å². The van der Waals surface area contributed by atoms with Gasteiger partial charge in [-0.1, -0.05) is 30.3 Å². The molecule has 6 heteroatoms. The number of nitriles is 2. The molecule has 24 heavy (non-hydrogen) atoms. The van der Waals surface area contributed by atoms with Crippen LogP contribution in [0.25, 0.3) is 16.3 Å². The number of nitrogens with zero attached hydrogens (tertiary/aromatic N) is 3. The summed E-state index contributed by atoms with van der Waals surface area (Å²) < 4.78 is 7.30. The van der Waals surface area contributed by atoms with E-state index in [-0.39, 0.29) is 6.61 Å². The van der Waals surface area contributed by atoms with Crippen LogP contribution < -0.4 is 4.74 Å². The number of rotatable bonds is 5. The first-order chi connectivity index (χ1) is 11.8. The van der Waals surface area contributed by atoms with E-state index in [1.54, 1.807) is 23.5 Å². The molecule has 3 rings (SSSR count). The lowest BCUT2D eigenvalue weighted by Crippen LogP contribution is -1.95. The molecule has 3 aromatic rings. The van der Waals surface area contributed by atoms with Crippen molar-refractivity contribution in [1.29, 1.82) is 10.5 Å². The van der Waals surface area contributed by atoms with Crippen molar-refractivity contribution >= 4 is 39.4 Å². The molecule has 4 nitrogen and oxygen atoms in total. The van der Waals surface area contributed by atoms with Gasteiger partial charge in [0.25, 0.3) is 0 Å². The van der Waals surface area contributed by atoms with Gasteiger partial charge in [0.05, 0.1) is 15.1 Å². The minimum absolute atomic E-state index is 0.0300. The standard InChI is InChI=1S/C18H11N3OS2/c19-9-10-22-16-7-3-1-5-13(16)11-14(12-20)23-18-21-15-6-2-4-8-17(15)24-18/h1-8,11H,10H2/b14-11+. The van der Waals surface area contributed by atoms with E-state index in [2.05, 4.69) is 11.1 Å². The molecule has 0 radical (unpaired) electrons. The van der Waals surface area contributed by atoms with E-state index in [0.29, 0.717) is 10.7 Å². The smallest absolute Gasteiger partial charge is 0.174 e. The Kier molecular flexibility index (Phi) is 5.12. The zero-order valence-electron chi connectivity index (χ0n) is 12.5. The molecule has 2 aromatic carbocycles. The largest absolute Gasteiger partial charge is 0.478 e. The van der Waals surface area contributed by atoms with Crippen LogP contribution in [0.1, 0.15) is 5.56 Å². The molecule has 1 heterocycles. The third-order valence-electron chi connectivity index (χ3n) is 3.08. The van der Waals surface area contributed by atoms with E-state index < -0.39 is 0 Å². The second-order valence-electron chi connectivity index (χ2n) is 4.65. The third-order valence-corrected chi connectivity index (χ3v) is 5.11. The first-order valence-electron chi connectivity index (χ1n) is 7.04.